The van der Waals surface area contributed by atoms with E-state index in [9.17, 15) is 9.59 Å². The minimum Gasteiger partial charge on any atom is -0.461 e. The van der Waals surface area contributed by atoms with Gasteiger partial charge >= 0.3 is 0 Å². The number of carbonyl (C=O) groups excluding carboxylic acids is 2. The first-order chi connectivity index (χ1) is 12.7. The molecule has 3 aromatic rings. The monoisotopic (exact) mass is 347 g/mol. The summed E-state index contributed by atoms with van der Waals surface area (Å²) in [5.74, 6) is -0.647. The van der Waals surface area contributed by atoms with E-state index >= 15 is 0 Å². The quantitative estimate of drug-likeness (QED) is 0.579. The third-order valence-corrected chi connectivity index (χ3v) is 4.47. The number of hydrogen-bond donors (Lipinski definition) is 1. The molecule has 2 heterocycles. The first-order valence-corrected chi connectivity index (χ1v) is 8.52. The number of rotatable bonds is 4. The zero-order chi connectivity index (χ0) is 17.9. The van der Waals surface area contributed by atoms with Gasteiger partial charge in [0.2, 0.25) is 0 Å². The van der Waals surface area contributed by atoms with Crippen LogP contribution in [0.1, 0.15) is 40.7 Å². The fraction of sp³-hybridized carbons (Fsp3) is 0.200. The maximum absolute atomic E-state index is 12.2. The lowest BCUT2D eigenvalue weighted by molar-refractivity contribution is -0.117. The van der Waals surface area contributed by atoms with Gasteiger partial charge < -0.3 is 9.73 Å². The fourth-order valence-corrected chi connectivity index (χ4v) is 3.17. The second kappa shape index (κ2) is 6.92. The fourth-order valence-electron chi connectivity index (χ4n) is 3.17. The summed E-state index contributed by atoms with van der Waals surface area (Å²) in [7, 11) is 0. The molecule has 0 bridgehead atoms. The number of benzene rings is 1. The Morgan fingerprint density at radius 3 is 2.73 bits per heavy atom. The standard InChI is InChI=1S/C20H17N3O3/c24-18(17-10-5-11-26-17)20(25)23-16-9-4-8-15-14(16)12-21-19(22-15)13-6-2-1-3-7-13/h1-3,5-7,10-12,16H,4,8-9H2,(H,23,25). The Kier molecular flexibility index (Phi) is 4.31. The van der Waals surface area contributed by atoms with Crippen molar-refractivity contribution in [2.45, 2.75) is 25.3 Å². The average Bonchev–Trinajstić information content (AvgIpc) is 3.22. The Morgan fingerprint density at radius 2 is 1.96 bits per heavy atom. The Hall–Kier alpha value is -3.28. The van der Waals surface area contributed by atoms with Gasteiger partial charge in [-0.15, -0.1) is 0 Å². The highest BCUT2D eigenvalue weighted by molar-refractivity contribution is 6.42. The number of aryl methyl sites for hydroxylation is 1. The molecule has 2 aromatic heterocycles. The minimum atomic E-state index is -0.677. The highest BCUT2D eigenvalue weighted by Gasteiger charge is 2.27. The lowest BCUT2D eigenvalue weighted by Crippen LogP contribution is -2.36. The van der Waals surface area contributed by atoms with Crippen LogP contribution in [0.25, 0.3) is 11.4 Å². The van der Waals surface area contributed by atoms with E-state index in [0.29, 0.717) is 5.82 Å². The van der Waals surface area contributed by atoms with E-state index in [4.69, 9.17) is 4.42 Å². The molecule has 1 atom stereocenters. The van der Waals surface area contributed by atoms with Gasteiger partial charge in [0.05, 0.1) is 12.3 Å². The Morgan fingerprint density at radius 1 is 1.12 bits per heavy atom. The third kappa shape index (κ3) is 3.13. The summed E-state index contributed by atoms with van der Waals surface area (Å²) in [5.41, 5.74) is 2.74. The van der Waals surface area contributed by atoms with Crippen LogP contribution < -0.4 is 5.32 Å². The average molecular weight is 347 g/mol. The molecule has 26 heavy (non-hydrogen) atoms. The molecule has 130 valence electrons. The summed E-state index contributed by atoms with van der Waals surface area (Å²) in [6, 6.07) is 12.6. The minimum absolute atomic E-state index is 0.0363. The smallest absolute Gasteiger partial charge is 0.296 e. The predicted molar refractivity (Wildman–Crippen MR) is 94.3 cm³/mol. The molecule has 1 aromatic carbocycles. The number of nitrogens with one attached hydrogen (secondary N) is 1. The molecule has 0 fully saturated rings. The SMILES string of the molecule is O=C(NC1CCCc2nc(-c3ccccc3)ncc21)C(=O)c1ccco1. The summed E-state index contributed by atoms with van der Waals surface area (Å²) in [5, 5.41) is 2.79. The van der Waals surface area contributed by atoms with Crippen LogP contribution in [0.2, 0.25) is 0 Å². The van der Waals surface area contributed by atoms with E-state index in [1.807, 2.05) is 30.3 Å². The second-order valence-corrected chi connectivity index (χ2v) is 6.19. The van der Waals surface area contributed by atoms with Crippen LogP contribution in [0.4, 0.5) is 0 Å². The number of furan rings is 1. The number of amides is 1. The zero-order valence-corrected chi connectivity index (χ0v) is 14.0. The molecule has 0 aliphatic heterocycles. The van der Waals surface area contributed by atoms with Gasteiger partial charge in [-0.2, -0.15) is 0 Å². The first kappa shape index (κ1) is 16.2. The Labute approximate surface area is 150 Å². The number of aromatic nitrogens is 2. The normalized spacial score (nSPS) is 15.9. The van der Waals surface area contributed by atoms with Gasteiger partial charge in [-0.05, 0) is 31.4 Å². The van der Waals surface area contributed by atoms with Crippen molar-refractivity contribution in [2.24, 2.45) is 0 Å². The van der Waals surface area contributed by atoms with Crippen molar-refractivity contribution in [3.8, 4) is 11.4 Å². The molecule has 6 heteroatoms. The molecule has 1 unspecified atom stereocenters. The zero-order valence-electron chi connectivity index (χ0n) is 14.0. The number of ketones is 1. The lowest BCUT2D eigenvalue weighted by atomic mass is 9.92. The Balaban J connectivity index is 1.56. The molecule has 1 aliphatic carbocycles. The van der Waals surface area contributed by atoms with Crippen LogP contribution in [0.5, 0.6) is 0 Å². The van der Waals surface area contributed by atoms with Crippen LogP contribution in [-0.2, 0) is 11.2 Å². The summed E-state index contributed by atoms with van der Waals surface area (Å²) in [6.45, 7) is 0. The van der Waals surface area contributed by atoms with Crippen LogP contribution in [0.15, 0.2) is 59.3 Å². The molecule has 0 radical (unpaired) electrons. The van der Waals surface area contributed by atoms with Crippen LogP contribution >= 0.6 is 0 Å². The maximum Gasteiger partial charge on any atom is 0.296 e. The van der Waals surface area contributed by atoms with Gasteiger partial charge in [-0.3, -0.25) is 9.59 Å². The van der Waals surface area contributed by atoms with Crippen molar-refractivity contribution < 1.29 is 14.0 Å². The van der Waals surface area contributed by atoms with Gasteiger partial charge in [0.15, 0.2) is 11.6 Å². The van der Waals surface area contributed by atoms with Crippen molar-refractivity contribution in [1.82, 2.24) is 15.3 Å². The molecule has 4 rings (SSSR count). The Bertz CT molecular complexity index is 936. The van der Waals surface area contributed by atoms with Crippen LogP contribution in [-0.4, -0.2) is 21.7 Å². The summed E-state index contributed by atoms with van der Waals surface area (Å²) < 4.78 is 5.00. The molecule has 1 aliphatic rings. The number of nitrogens with zero attached hydrogens (tertiary/aromatic N) is 2. The molecule has 0 saturated carbocycles. The molecule has 6 nitrogen and oxygen atoms in total. The second-order valence-electron chi connectivity index (χ2n) is 6.19. The lowest BCUT2D eigenvalue weighted by Gasteiger charge is -2.25. The topological polar surface area (TPSA) is 85.1 Å². The van der Waals surface area contributed by atoms with E-state index in [2.05, 4.69) is 15.3 Å². The maximum atomic E-state index is 12.2. The molecular weight excluding hydrogens is 330 g/mol. The summed E-state index contributed by atoms with van der Waals surface area (Å²) >= 11 is 0. The van der Waals surface area contributed by atoms with Crippen molar-refractivity contribution in [3.05, 3.63) is 71.9 Å². The van der Waals surface area contributed by atoms with Crippen molar-refractivity contribution in [1.29, 1.82) is 0 Å². The largest absolute Gasteiger partial charge is 0.461 e. The highest BCUT2D eigenvalue weighted by atomic mass is 16.3. The van der Waals surface area contributed by atoms with E-state index in [-0.39, 0.29) is 11.8 Å². The van der Waals surface area contributed by atoms with Crippen molar-refractivity contribution in [3.63, 3.8) is 0 Å². The predicted octanol–water partition coefficient (Wildman–Crippen LogP) is 3.11. The van der Waals surface area contributed by atoms with E-state index in [1.165, 1.54) is 12.3 Å². The molecule has 1 amide bonds. The van der Waals surface area contributed by atoms with Gasteiger partial charge in [0.25, 0.3) is 11.7 Å². The van der Waals surface area contributed by atoms with Crippen LogP contribution in [0.3, 0.4) is 0 Å². The first-order valence-electron chi connectivity index (χ1n) is 8.52. The van der Waals surface area contributed by atoms with E-state index in [1.54, 1.807) is 12.3 Å². The molecular formula is C20H17N3O3. The molecule has 0 saturated heterocycles. The van der Waals surface area contributed by atoms with Gasteiger partial charge in [0.1, 0.15) is 0 Å². The van der Waals surface area contributed by atoms with Crippen molar-refractivity contribution in [2.75, 3.05) is 0 Å². The van der Waals surface area contributed by atoms with Gasteiger partial charge in [-0.1, -0.05) is 30.3 Å². The third-order valence-electron chi connectivity index (χ3n) is 4.47. The van der Waals surface area contributed by atoms with Crippen LogP contribution in [0, 0.1) is 0 Å². The molecule has 0 spiro atoms. The molecule has 1 N–H and O–H groups in total. The number of fused-ring (bicyclic) bond motifs is 1. The van der Waals surface area contributed by atoms with Gasteiger partial charge in [0, 0.05) is 23.0 Å². The van der Waals surface area contributed by atoms with E-state index < -0.39 is 11.7 Å². The number of carbonyl (C=O) groups is 2. The van der Waals surface area contributed by atoms with Crippen molar-refractivity contribution >= 4 is 11.7 Å². The van der Waals surface area contributed by atoms with Gasteiger partial charge in [-0.25, -0.2) is 9.97 Å². The highest BCUT2D eigenvalue weighted by Crippen LogP contribution is 2.29. The summed E-state index contributed by atoms with van der Waals surface area (Å²) in [4.78, 5) is 33.5. The summed E-state index contributed by atoms with van der Waals surface area (Å²) in [6.07, 6.45) is 5.59. The number of hydrogen-bond acceptors (Lipinski definition) is 5. The van der Waals surface area contributed by atoms with E-state index in [0.717, 1.165) is 36.1 Å². The number of Topliss-reactive ketones (excluding diaryl/α,β-unsaturated/α-hetero) is 1.